The van der Waals surface area contributed by atoms with Crippen molar-refractivity contribution in [3.05, 3.63) is 29.8 Å². The number of nitrogens with one attached hydrogen (secondary N) is 3. The van der Waals surface area contributed by atoms with E-state index < -0.39 is 12.1 Å². The van der Waals surface area contributed by atoms with E-state index in [1.165, 1.54) is 6.92 Å². The van der Waals surface area contributed by atoms with Gasteiger partial charge in [-0.2, -0.15) is 0 Å². The van der Waals surface area contributed by atoms with Crippen LogP contribution in [-0.4, -0.2) is 78.9 Å². The Morgan fingerprint density at radius 3 is 2.34 bits per heavy atom. The minimum atomic E-state index is -0.701. The van der Waals surface area contributed by atoms with Gasteiger partial charge in [0.2, 0.25) is 17.7 Å². The second kappa shape index (κ2) is 13.1. The van der Waals surface area contributed by atoms with Crippen LogP contribution in [0.4, 0.5) is 10.5 Å². The minimum Gasteiger partial charge on any atom is -0.445 e. The van der Waals surface area contributed by atoms with E-state index in [1.54, 1.807) is 55.1 Å². The van der Waals surface area contributed by atoms with E-state index in [4.69, 9.17) is 4.74 Å². The molecular weight excluding hydrogens is 450 g/mol. The Morgan fingerprint density at radius 2 is 1.77 bits per heavy atom. The molecule has 1 aromatic carbocycles. The largest absolute Gasteiger partial charge is 0.445 e. The van der Waals surface area contributed by atoms with E-state index >= 15 is 0 Å². The van der Waals surface area contributed by atoms with Crippen molar-refractivity contribution in [1.29, 1.82) is 0 Å². The Bertz CT molecular complexity index is 889. The van der Waals surface area contributed by atoms with Crippen LogP contribution in [0.5, 0.6) is 0 Å². The molecule has 1 saturated heterocycles. The van der Waals surface area contributed by atoms with Gasteiger partial charge in [-0.15, -0.1) is 0 Å². The quantitative estimate of drug-likeness (QED) is 0.462. The van der Waals surface area contributed by atoms with Crippen molar-refractivity contribution in [2.45, 2.75) is 65.3 Å². The first-order chi connectivity index (χ1) is 16.5. The Morgan fingerprint density at radius 1 is 1.11 bits per heavy atom. The Balaban J connectivity index is 1.84. The van der Waals surface area contributed by atoms with Crippen molar-refractivity contribution in [3.8, 4) is 0 Å². The molecule has 2 rings (SSSR count). The van der Waals surface area contributed by atoms with E-state index in [0.717, 1.165) is 18.4 Å². The monoisotopic (exact) mass is 489 g/mol. The summed E-state index contributed by atoms with van der Waals surface area (Å²) in [7, 11) is 3.44. The normalized spacial score (nSPS) is 17.0. The summed E-state index contributed by atoms with van der Waals surface area (Å²) in [5, 5.41) is 8.46. The van der Waals surface area contributed by atoms with Crippen molar-refractivity contribution in [2.75, 3.05) is 32.5 Å². The number of likely N-dealkylation sites (N-methyl/N-ethyl adjacent to an activating group) is 2. The minimum absolute atomic E-state index is 0.0353. The van der Waals surface area contributed by atoms with Gasteiger partial charge in [0.1, 0.15) is 12.6 Å². The Labute approximate surface area is 207 Å². The highest BCUT2D eigenvalue weighted by Gasteiger charge is 2.31. The SMILES string of the molecule is CN[C@H](C(=O)N[C@@H](C)C(=O)Nc1ccc(COC(=O)N2CCC[C@H]2CN(C)C(C)=O)cc1)C(C)C. The Kier molecular flexibility index (Phi) is 10.5. The topological polar surface area (TPSA) is 120 Å². The van der Waals surface area contributed by atoms with E-state index in [2.05, 4.69) is 16.0 Å². The first-order valence-electron chi connectivity index (χ1n) is 12.1. The molecule has 3 atom stereocenters. The number of likely N-dealkylation sites (tertiary alicyclic amines) is 1. The van der Waals surface area contributed by atoms with Crippen molar-refractivity contribution in [2.24, 2.45) is 5.92 Å². The molecule has 0 radical (unpaired) electrons. The fourth-order valence-corrected chi connectivity index (χ4v) is 4.01. The van der Waals surface area contributed by atoms with Crippen molar-refractivity contribution < 1.29 is 23.9 Å². The predicted molar refractivity (Wildman–Crippen MR) is 134 cm³/mol. The van der Waals surface area contributed by atoms with Crippen LogP contribution >= 0.6 is 0 Å². The van der Waals surface area contributed by atoms with Gasteiger partial charge in [0, 0.05) is 32.7 Å². The third-order valence-electron chi connectivity index (χ3n) is 6.23. The van der Waals surface area contributed by atoms with Gasteiger partial charge in [-0.3, -0.25) is 14.4 Å². The molecule has 1 aliphatic rings. The Hall–Kier alpha value is -3.14. The van der Waals surface area contributed by atoms with E-state index in [1.807, 2.05) is 13.8 Å². The fraction of sp³-hybridized carbons (Fsp3) is 0.600. The maximum Gasteiger partial charge on any atom is 0.410 e. The number of hydrogen-bond donors (Lipinski definition) is 3. The van der Waals surface area contributed by atoms with Crippen molar-refractivity contribution >= 4 is 29.5 Å². The second-order valence-electron chi connectivity index (χ2n) is 9.37. The number of hydrogen-bond acceptors (Lipinski definition) is 6. The van der Waals surface area contributed by atoms with Crippen LogP contribution in [0.2, 0.25) is 0 Å². The second-order valence-corrected chi connectivity index (χ2v) is 9.37. The first kappa shape index (κ1) is 28.1. The fourth-order valence-electron chi connectivity index (χ4n) is 4.01. The lowest BCUT2D eigenvalue weighted by Crippen LogP contribution is -2.51. The lowest BCUT2D eigenvalue weighted by Gasteiger charge is -2.27. The summed E-state index contributed by atoms with van der Waals surface area (Å²) < 4.78 is 5.48. The summed E-state index contributed by atoms with van der Waals surface area (Å²) in [6, 6.07) is 5.87. The molecule has 0 aliphatic carbocycles. The number of benzene rings is 1. The maximum absolute atomic E-state index is 12.6. The number of amides is 4. The van der Waals surface area contributed by atoms with Crippen LogP contribution < -0.4 is 16.0 Å². The molecule has 4 amide bonds. The van der Waals surface area contributed by atoms with Crippen LogP contribution in [0.15, 0.2) is 24.3 Å². The first-order valence-corrected chi connectivity index (χ1v) is 12.1. The van der Waals surface area contributed by atoms with Crippen LogP contribution in [0.3, 0.4) is 0 Å². The average molecular weight is 490 g/mol. The van der Waals surface area contributed by atoms with Gasteiger partial charge in [-0.05, 0) is 50.4 Å². The number of carbonyl (C=O) groups is 4. The molecular formula is C25H39N5O5. The predicted octanol–water partition coefficient (Wildman–Crippen LogP) is 1.95. The third kappa shape index (κ3) is 8.24. The van der Waals surface area contributed by atoms with Gasteiger partial charge in [0.15, 0.2) is 0 Å². The smallest absolute Gasteiger partial charge is 0.410 e. The van der Waals surface area contributed by atoms with Gasteiger partial charge in [0.25, 0.3) is 0 Å². The molecule has 1 fully saturated rings. The van der Waals surface area contributed by atoms with Gasteiger partial charge in [0.05, 0.1) is 12.1 Å². The molecule has 0 unspecified atom stereocenters. The molecule has 0 bridgehead atoms. The standard InChI is InChI=1S/C25H39N5O5/c1-16(2)22(26-5)24(33)27-17(3)23(32)28-20-11-9-19(10-12-20)15-35-25(34)30-13-7-8-21(30)14-29(6)18(4)31/h9-12,16-17,21-22,26H,7-8,13-15H2,1-6H3,(H,27,33)(H,28,32)/t17-,21-,22-/m0/s1. The van der Waals surface area contributed by atoms with Gasteiger partial charge >= 0.3 is 6.09 Å². The molecule has 194 valence electrons. The summed E-state index contributed by atoms with van der Waals surface area (Å²) in [4.78, 5) is 52.2. The zero-order chi connectivity index (χ0) is 26.1. The number of carbonyl (C=O) groups excluding carboxylic acids is 4. The van der Waals surface area contributed by atoms with Crippen molar-refractivity contribution in [1.82, 2.24) is 20.4 Å². The van der Waals surface area contributed by atoms with Gasteiger partial charge < -0.3 is 30.5 Å². The highest BCUT2D eigenvalue weighted by atomic mass is 16.6. The summed E-state index contributed by atoms with van der Waals surface area (Å²) in [6.07, 6.45) is 1.33. The van der Waals surface area contributed by atoms with Crippen molar-refractivity contribution in [3.63, 3.8) is 0 Å². The summed E-state index contributed by atoms with van der Waals surface area (Å²) in [5.74, 6) is -0.496. The summed E-state index contributed by atoms with van der Waals surface area (Å²) in [5.41, 5.74) is 1.36. The molecule has 3 N–H and O–H groups in total. The lowest BCUT2D eigenvalue weighted by atomic mass is 10.0. The molecule has 10 heteroatoms. The molecule has 1 aliphatic heterocycles. The molecule has 1 heterocycles. The van der Waals surface area contributed by atoms with E-state index in [-0.39, 0.29) is 42.3 Å². The number of nitrogens with zero attached hydrogens (tertiary/aromatic N) is 2. The molecule has 10 nitrogen and oxygen atoms in total. The van der Waals surface area contributed by atoms with Crippen LogP contribution in [0, 0.1) is 5.92 Å². The lowest BCUT2D eigenvalue weighted by molar-refractivity contribution is -0.128. The molecule has 0 saturated carbocycles. The highest BCUT2D eigenvalue weighted by molar-refractivity contribution is 5.97. The van der Waals surface area contributed by atoms with E-state index in [9.17, 15) is 19.2 Å². The molecule has 0 aromatic heterocycles. The van der Waals surface area contributed by atoms with Gasteiger partial charge in [-0.1, -0.05) is 26.0 Å². The molecule has 35 heavy (non-hydrogen) atoms. The number of anilines is 1. The molecule has 1 aromatic rings. The number of rotatable bonds is 10. The third-order valence-corrected chi connectivity index (χ3v) is 6.23. The average Bonchev–Trinajstić information content (AvgIpc) is 3.26. The van der Waals surface area contributed by atoms with Crippen LogP contribution in [-0.2, 0) is 25.7 Å². The van der Waals surface area contributed by atoms with Gasteiger partial charge in [-0.25, -0.2) is 4.79 Å². The zero-order valence-corrected chi connectivity index (χ0v) is 21.6. The zero-order valence-electron chi connectivity index (χ0n) is 21.6. The molecule has 0 spiro atoms. The summed E-state index contributed by atoms with van der Waals surface area (Å²) in [6.45, 7) is 8.21. The van der Waals surface area contributed by atoms with E-state index in [0.29, 0.717) is 18.8 Å². The van der Waals surface area contributed by atoms with Crippen LogP contribution in [0.1, 0.15) is 46.1 Å². The highest BCUT2D eigenvalue weighted by Crippen LogP contribution is 2.20. The number of ether oxygens (including phenoxy) is 1. The maximum atomic E-state index is 12.6. The van der Waals surface area contributed by atoms with Crippen LogP contribution in [0.25, 0.3) is 0 Å². The summed E-state index contributed by atoms with van der Waals surface area (Å²) >= 11 is 0.